The average molecular weight is 252 g/mol. The van der Waals surface area contributed by atoms with Gasteiger partial charge in [0.25, 0.3) is 0 Å². The van der Waals surface area contributed by atoms with Crippen LogP contribution < -0.4 is 0 Å². The fraction of sp³-hybridized carbons (Fsp3) is 0. The molecule has 2 aromatic rings. The Hall–Kier alpha value is -0.990. The Labute approximate surface area is 102 Å². The Morgan fingerprint density at radius 1 is 1.27 bits per heavy atom. The quantitative estimate of drug-likeness (QED) is 0.552. The highest BCUT2D eigenvalue weighted by molar-refractivity contribution is 7.78. The van der Waals surface area contributed by atoms with E-state index < -0.39 is 0 Å². The van der Waals surface area contributed by atoms with Gasteiger partial charge in [0.2, 0.25) is 0 Å². The first-order valence-corrected chi connectivity index (χ1v) is 5.88. The molecule has 0 aliphatic rings. The molecule has 15 heavy (non-hydrogen) atoms. The molecule has 2 rings (SSSR count). The predicted octanol–water partition coefficient (Wildman–Crippen LogP) is 4.80. The van der Waals surface area contributed by atoms with Gasteiger partial charge in [-0.15, -0.1) is 11.3 Å². The fourth-order valence-corrected chi connectivity index (χ4v) is 2.26. The molecule has 0 unspecified atom stereocenters. The third-order valence-electron chi connectivity index (χ3n) is 1.89. The van der Waals surface area contributed by atoms with Gasteiger partial charge >= 0.3 is 0 Å². The predicted molar refractivity (Wildman–Crippen MR) is 69.5 cm³/mol. The molecule has 1 aromatic heterocycles. The number of rotatable bonds is 2. The largest absolute Gasteiger partial charge is 0.194 e. The second-order valence-electron chi connectivity index (χ2n) is 2.88. The van der Waals surface area contributed by atoms with Crippen molar-refractivity contribution in [2.75, 3.05) is 0 Å². The van der Waals surface area contributed by atoms with Gasteiger partial charge in [-0.1, -0.05) is 23.7 Å². The van der Waals surface area contributed by atoms with Crippen molar-refractivity contribution >= 4 is 46.0 Å². The van der Waals surface area contributed by atoms with Gasteiger partial charge in [0, 0.05) is 15.3 Å². The Morgan fingerprint density at radius 3 is 2.67 bits per heavy atom. The normalized spacial score (nSPS) is 9.67. The molecule has 0 bridgehead atoms. The van der Waals surface area contributed by atoms with Crippen LogP contribution in [-0.2, 0) is 0 Å². The molecule has 0 fully saturated rings. The van der Waals surface area contributed by atoms with E-state index in [0.29, 0.717) is 0 Å². The molecule has 0 aliphatic heterocycles. The van der Waals surface area contributed by atoms with Gasteiger partial charge in [-0.3, -0.25) is 0 Å². The highest BCUT2D eigenvalue weighted by atomic mass is 35.5. The van der Waals surface area contributed by atoms with E-state index in [9.17, 15) is 0 Å². The van der Waals surface area contributed by atoms with Gasteiger partial charge in [-0.05, 0) is 36.0 Å². The molecule has 0 N–H and O–H groups in total. The average Bonchev–Trinajstić information content (AvgIpc) is 2.68. The van der Waals surface area contributed by atoms with E-state index in [4.69, 9.17) is 11.6 Å². The second kappa shape index (κ2) is 4.69. The van der Waals surface area contributed by atoms with Gasteiger partial charge in [-0.2, -0.15) is 4.99 Å². The Kier molecular flexibility index (Phi) is 3.29. The number of hydrogen-bond donors (Lipinski definition) is 0. The topological polar surface area (TPSA) is 12.4 Å². The van der Waals surface area contributed by atoms with Gasteiger partial charge in [0.15, 0.2) is 0 Å². The lowest BCUT2D eigenvalue weighted by atomic mass is 10.2. The number of isothiocyanates is 1. The number of halogens is 1. The molecule has 0 atom stereocenters. The number of thiocarbonyl (C=S) groups is 1. The molecule has 1 aromatic carbocycles. The molecular weight excluding hydrogens is 246 g/mol. The van der Waals surface area contributed by atoms with Crippen molar-refractivity contribution in [1.82, 2.24) is 0 Å². The summed E-state index contributed by atoms with van der Waals surface area (Å²) in [6, 6.07) is 9.70. The van der Waals surface area contributed by atoms with Gasteiger partial charge in [0.05, 0.1) is 10.8 Å². The molecule has 1 nitrogen and oxygen atoms in total. The van der Waals surface area contributed by atoms with E-state index in [1.807, 2.05) is 35.7 Å². The fourth-order valence-electron chi connectivity index (χ4n) is 1.20. The zero-order valence-electron chi connectivity index (χ0n) is 7.61. The molecule has 0 amide bonds. The van der Waals surface area contributed by atoms with Crippen LogP contribution in [0.4, 0.5) is 5.69 Å². The molecule has 0 aliphatic carbocycles. The first-order valence-electron chi connectivity index (χ1n) is 4.22. The van der Waals surface area contributed by atoms with Crippen LogP contribution in [0.3, 0.4) is 0 Å². The third kappa shape index (κ3) is 2.52. The number of benzene rings is 1. The zero-order valence-corrected chi connectivity index (χ0v) is 9.99. The molecular formula is C11H6ClNS2. The van der Waals surface area contributed by atoms with Crippen molar-refractivity contribution in [2.45, 2.75) is 0 Å². The summed E-state index contributed by atoms with van der Waals surface area (Å²) in [5.74, 6) is 0. The molecule has 1 heterocycles. The summed E-state index contributed by atoms with van der Waals surface area (Å²) < 4.78 is 0. The highest BCUT2D eigenvalue weighted by Crippen LogP contribution is 2.31. The van der Waals surface area contributed by atoms with E-state index in [1.54, 1.807) is 11.3 Å². The standard InChI is InChI=1S/C11H6ClNS2/c12-9-3-1-8(2-4-9)11-5-10(6-15-11)13-7-14/h1-6H. The minimum Gasteiger partial charge on any atom is -0.194 e. The summed E-state index contributed by atoms with van der Waals surface area (Å²) in [5, 5.41) is 5.04. The molecule has 0 saturated carbocycles. The van der Waals surface area contributed by atoms with E-state index in [1.165, 1.54) is 0 Å². The number of thiophene rings is 1. The second-order valence-corrected chi connectivity index (χ2v) is 4.41. The van der Waals surface area contributed by atoms with Crippen LogP contribution in [0.5, 0.6) is 0 Å². The highest BCUT2D eigenvalue weighted by Gasteiger charge is 2.01. The van der Waals surface area contributed by atoms with Crippen molar-refractivity contribution in [3.8, 4) is 10.4 Å². The minimum absolute atomic E-state index is 0.743. The van der Waals surface area contributed by atoms with E-state index >= 15 is 0 Å². The lowest BCUT2D eigenvalue weighted by Crippen LogP contribution is -1.69. The van der Waals surface area contributed by atoms with Crippen LogP contribution >= 0.6 is 35.2 Å². The van der Waals surface area contributed by atoms with Crippen LogP contribution in [0, 0.1) is 0 Å². The lowest BCUT2D eigenvalue weighted by molar-refractivity contribution is 1.62. The van der Waals surface area contributed by atoms with E-state index in [2.05, 4.69) is 22.4 Å². The lowest BCUT2D eigenvalue weighted by Gasteiger charge is -1.95. The smallest absolute Gasteiger partial charge is 0.0852 e. The van der Waals surface area contributed by atoms with Crippen molar-refractivity contribution in [3.05, 3.63) is 40.7 Å². The summed E-state index contributed by atoms with van der Waals surface area (Å²) >= 11 is 12.0. The zero-order chi connectivity index (χ0) is 10.7. The Bertz CT molecular complexity index is 510. The van der Waals surface area contributed by atoms with Gasteiger partial charge in [0.1, 0.15) is 0 Å². The molecule has 74 valence electrons. The Morgan fingerprint density at radius 2 is 2.00 bits per heavy atom. The van der Waals surface area contributed by atoms with Crippen LogP contribution in [0.25, 0.3) is 10.4 Å². The van der Waals surface area contributed by atoms with Crippen LogP contribution in [0.1, 0.15) is 0 Å². The van der Waals surface area contributed by atoms with Crippen LogP contribution in [0.2, 0.25) is 5.02 Å². The van der Waals surface area contributed by atoms with E-state index in [0.717, 1.165) is 21.2 Å². The van der Waals surface area contributed by atoms with Crippen molar-refractivity contribution in [1.29, 1.82) is 0 Å². The Balaban J connectivity index is 2.37. The maximum absolute atomic E-state index is 5.82. The van der Waals surface area contributed by atoms with Crippen LogP contribution in [0.15, 0.2) is 40.7 Å². The molecule has 0 saturated heterocycles. The van der Waals surface area contributed by atoms with Crippen molar-refractivity contribution in [3.63, 3.8) is 0 Å². The molecule has 0 radical (unpaired) electrons. The first-order chi connectivity index (χ1) is 7.29. The minimum atomic E-state index is 0.743. The maximum atomic E-state index is 5.82. The maximum Gasteiger partial charge on any atom is 0.0852 e. The summed E-state index contributed by atoms with van der Waals surface area (Å²) in [5.41, 5.74) is 1.98. The number of nitrogens with zero attached hydrogens (tertiary/aromatic N) is 1. The van der Waals surface area contributed by atoms with Gasteiger partial charge in [-0.25, -0.2) is 0 Å². The van der Waals surface area contributed by atoms with Crippen molar-refractivity contribution < 1.29 is 0 Å². The number of hydrogen-bond acceptors (Lipinski definition) is 3. The molecule has 4 heteroatoms. The summed E-state index contributed by atoms with van der Waals surface area (Å²) in [6.07, 6.45) is 0. The third-order valence-corrected chi connectivity index (χ3v) is 3.20. The first kappa shape index (κ1) is 10.5. The summed E-state index contributed by atoms with van der Waals surface area (Å²) in [4.78, 5) is 5.07. The van der Waals surface area contributed by atoms with E-state index in [-0.39, 0.29) is 0 Å². The number of aliphatic imine (C=N–C) groups is 1. The van der Waals surface area contributed by atoms with Gasteiger partial charge < -0.3 is 0 Å². The summed E-state index contributed by atoms with van der Waals surface area (Å²) in [7, 11) is 0. The van der Waals surface area contributed by atoms with Crippen LogP contribution in [-0.4, -0.2) is 5.16 Å². The monoisotopic (exact) mass is 251 g/mol. The summed E-state index contributed by atoms with van der Waals surface area (Å²) in [6.45, 7) is 0. The SMILES string of the molecule is S=C=Nc1csc(-c2ccc(Cl)cc2)c1. The molecule has 0 spiro atoms. The van der Waals surface area contributed by atoms with Crippen molar-refractivity contribution in [2.24, 2.45) is 4.99 Å².